The van der Waals surface area contributed by atoms with Gasteiger partial charge in [-0.1, -0.05) is 0 Å². The van der Waals surface area contributed by atoms with Gasteiger partial charge in [0.15, 0.2) is 0 Å². The van der Waals surface area contributed by atoms with Gasteiger partial charge in [-0.05, 0) is 13.5 Å². The van der Waals surface area contributed by atoms with Gasteiger partial charge in [0, 0.05) is 26.7 Å². The van der Waals surface area contributed by atoms with E-state index in [9.17, 15) is 4.79 Å². The number of aliphatic hydroxyl groups is 1. The molecule has 14 heavy (non-hydrogen) atoms. The van der Waals surface area contributed by atoms with Crippen molar-refractivity contribution >= 4 is 5.91 Å². The molecule has 0 spiro atoms. The number of aliphatic hydroxyl groups excluding tert-OH is 1. The molecule has 5 heteroatoms. The summed E-state index contributed by atoms with van der Waals surface area (Å²) in [4.78, 5) is 11.3. The van der Waals surface area contributed by atoms with Crippen LogP contribution in [-0.2, 0) is 9.53 Å². The average Bonchev–Trinajstić information content (AvgIpc) is 2.15. The van der Waals surface area contributed by atoms with E-state index in [1.807, 2.05) is 0 Å². The minimum absolute atomic E-state index is 0.0187. The zero-order chi connectivity index (χ0) is 10.8. The van der Waals surface area contributed by atoms with Crippen LogP contribution in [0.3, 0.4) is 0 Å². The van der Waals surface area contributed by atoms with Crippen molar-refractivity contribution in [3.63, 3.8) is 0 Å². The van der Waals surface area contributed by atoms with Crippen LogP contribution in [0.15, 0.2) is 0 Å². The van der Waals surface area contributed by atoms with Gasteiger partial charge in [0.2, 0.25) is 5.91 Å². The first-order valence-corrected chi connectivity index (χ1v) is 4.78. The van der Waals surface area contributed by atoms with Crippen molar-refractivity contribution in [2.45, 2.75) is 18.9 Å². The molecule has 0 aliphatic rings. The maximum atomic E-state index is 11.3. The molecule has 0 radical (unpaired) electrons. The first-order valence-electron chi connectivity index (χ1n) is 4.78. The lowest BCUT2D eigenvalue weighted by Gasteiger charge is -2.16. The molecule has 0 saturated carbocycles. The van der Waals surface area contributed by atoms with Crippen LogP contribution in [0.4, 0.5) is 0 Å². The first-order chi connectivity index (χ1) is 6.74. The number of nitrogens with one attached hydrogen (secondary N) is 2. The SMILES string of the molecule is CNCCC(=O)NC(CCO)COC. The molecule has 0 saturated heterocycles. The van der Waals surface area contributed by atoms with Crippen LogP contribution in [0.5, 0.6) is 0 Å². The topological polar surface area (TPSA) is 70.6 Å². The van der Waals surface area contributed by atoms with Gasteiger partial charge in [-0.3, -0.25) is 4.79 Å². The molecule has 0 heterocycles. The van der Waals surface area contributed by atoms with Gasteiger partial charge in [0.25, 0.3) is 0 Å². The average molecular weight is 204 g/mol. The smallest absolute Gasteiger partial charge is 0.221 e. The van der Waals surface area contributed by atoms with E-state index in [2.05, 4.69) is 10.6 Å². The highest BCUT2D eigenvalue weighted by atomic mass is 16.5. The quantitative estimate of drug-likeness (QED) is 0.480. The predicted molar refractivity (Wildman–Crippen MR) is 54.1 cm³/mol. The van der Waals surface area contributed by atoms with Gasteiger partial charge in [0.1, 0.15) is 0 Å². The van der Waals surface area contributed by atoms with Crippen molar-refractivity contribution in [3.8, 4) is 0 Å². The molecule has 0 aromatic rings. The van der Waals surface area contributed by atoms with Gasteiger partial charge in [-0.2, -0.15) is 0 Å². The second kappa shape index (κ2) is 8.93. The summed E-state index contributed by atoms with van der Waals surface area (Å²) >= 11 is 0. The van der Waals surface area contributed by atoms with Crippen molar-refractivity contribution in [1.29, 1.82) is 0 Å². The molecule has 0 fully saturated rings. The Morgan fingerprint density at radius 1 is 1.57 bits per heavy atom. The minimum atomic E-state index is -0.0886. The molecular formula is C9H20N2O3. The van der Waals surface area contributed by atoms with Crippen LogP contribution in [-0.4, -0.2) is 51.0 Å². The largest absolute Gasteiger partial charge is 0.396 e. The van der Waals surface area contributed by atoms with Crippen molar-refractivity contribution < 1.29 is 14.6 Å². The Hall–Kier alpha value is -0.650. The highest BCUT2D eigenvalue weighted by molar-refractivity contribution is 5.76. The lowest BCUT2D eigenvalue weighted by Crippen LogP contribution is -2.39. The monoisotopic (exact) mass is 204 g/mol. The lowest BCUT2D eigenvalue weighted by molar-refractivity contribution is -0.122. The van der Waals surface area contributed by atoms with E-state index in [1.54, 1.807) is 14.2 Å². The summed E-state index contributed by atoms with van der Waals surface area (Å²) in [5.74, 6) is -0.0187. The summed E-state index contributed by atoms with van der Waals surface area (Å²) in [5.41, 5.74) is 0. The lowest BCUT2D eigenvalue weighted by atomic mass is 10.2. The molecule has 0 aliphatic heterocycles. The number of hydrogen-bond donors (Lipinski definition) is 3. The molecule has 0 aliphatic carbocycles. The molecule has 3 N–H and O–H groups in total. The first kappa shape index (κ1) is 13.4. The van der Waals surface area contributed by atoms with E-state index in [-0.39, 0.29) is 18.6 Å². The zero-order valence-corrected chi connectivity index (χ0v) is 8.88. The van der Waals surface area contributed by atoms with Crippen LogP contribution in [0, 0.1) is 0 Å². The van der Waals surface area contributed by atoms with Gasteiger partial charge in [-0.25, -0.2) is 0 Å². The minimum Gasteiger partial charge on any atom is -0.396 e. The Kier molecular flexibility index (Phi) is 8.51. The van der Waals surface area contributed by atoms with E-state index in [0.29, 0.717) is 26.0 Å². The Morgan fingerprint density at radius 3 is 2.79 bits per heavy atom. The van der Waals surface area contributed by atoms with Crippen molar-refractivity contribution in [2.24, 2.45) is 0 Å². The molecular weight excluding hydrogens is 184 g/mol. The zero-order valence-electron chi connectivity index (χ0n) is 8.88. The molecule has 0 aromatic heterocycles. The van der Waals surface area contributed by atoms with E-state index in [4.69, 9.17) is 9.84 Å². The number of methoxy groups -OCH3 is 1. The number of amides is 1. The Morgan fingerprint density at radius 2 is 2.29 bits per heavy atom. The standard InChI is InChI=1S/C9H20N2O3/c1-10-5-3-9(13)11-8(4-6-12)7-14-2/h8,10,12H,3-7H2,1-2H3,(H,11,13). The number of carbonyl (C=O) groups excluding carboxylic acids is 1. The van der Waals surface area contributed by atoms with Gasteiger partial charge >= 0.3 is 0 Å². The number of rotatable bonds is 8. The molecule has 1 amide bonds. The van der Waals surface area contributed by atoms with Crippen molar-refractivity contribution in [1.82, 2.24) is 10.6 Å². The van der Waals surface area contributed by atoms with E-state index in [1.165, 1.54) is 0 Å². The van der Waals surface area contributed by atoms with Gasteiger partial charge in [0.05, 0.1) is 12.6 Å². The maximum absolute atomic E-state index is 11.3. The number of ether oxygens (including phenoxy) is 1. The van der Waals surface area contributed by atoms with Gasteiger partial charge in [-0.15, -0.1) is 0 Å². The van der Waals surface area contributed by atoms with Crippen LogP contribution < -0.4 is 10.6 Å². The van der Waals surface area contributed by atoms with Crippen molar-refractivity contribution in [3.05, 3.63) is 0 Å². The van der Waals surface area contributed by atoms with E-state index in [0.717, 1.165) is 0 Å². The summed E-state index contributed by atoms with van der Waals surface area (Å²) in [6.45, 7) is 1.15. The normalized spacial score (nSPS) is 12.5. The third-order valence-corrected chi connectivity index (χ3v) is 1.81. The molecule has 0 aromatic carbocycles. The molecule has 84 valence electrons. The van der Waals surface area contributed by atoms with Crippen LogP contribution >= 0.6 is 0 Å². The Labute approximate surface area is 84.8 Å². The molecule has 1 atom stereocenters. The summed E-state index contributed by atoms with van der Waals surface area (Å²) in [6, 6.07) is -0.0886. The Balaban J connectivity index is 3.71. The fourth-order valence-corrected chi connectivity index (χ4v) is 1.09. The van der Waals surface area contributed by atoms with Gasteiger partial charge < -0.3 is 20.5 Å². The molecule has 1 unspecified atom stereocenters. The Bertz CT molecular complexity index is 147. The molecule has 5 nitrogen and oxygen atoms in total. The fraction of sp³-hybridized carbons (Fsp3) is 0.889. The van der Waals surface area contributed by atoms with Crippen LogP contribution in [0.25, 0.3) is 0 Å². The third kappa shape index (κ3) is 6.82. The number of carbonyl (C=O) groups is 1. The third-order valence-electron chi connectivity index (χ3n) is 1.81. The van der Waals surface area contributed by atoms with E-state index < -0.39 is 0 Å². The molecule has 0 rings (SSSR count). The summed E-state index contributed by atoms with van der Waals surface area (Å²) in [5, 5.41) is 14.4. The van der Waals surface area contributed by atoms with Crippen LogP contribution in [0.2, 0.25) is 0 Å². The summed E-state index contributed by atoms with van der Waals surface area (Å²) in [7, 11) is 3.37. The maximum Gasteiger partial charge on any atom is 0.221 e. The predicted octanol–water partition coefficient (Wildman–Crippen LogP) is -0.890. The summed E-state index contributed by atoms with van der Waals surface area (Å²) < 4.78 is 4.92. The van der Waals surface area contributed by atoms with Crippen molar-refractivity contribution in [2.75, 3.05) is 33.9 Å². The molecule has 0 bridgehead atoms. The fourth-order valence-electron chi connectivity index (χ4n) is 1.09. The van der Waals surface area contributed by atoms with E-state index >= 15 is 0 Å². The highest BCUT2D eigenvalue weighted by Crippen LogP contribution is 1.92. The summed E-state index contributed by atoms with van der Waals surface area (Å²) in [6.07, 6.45) is 0.973. The highest BCUT2D eigenvalue weighted by Gasteiger charge is 2.10. The number of hydrogen-bond acceptors (Lipinski definition) is 4. The second-order valence-corrected chi connectivity index (χ2v) is 3.09. The second-order valence-electron chi connectivity index (χ2n) is 3.09. The van der Waals surface area contributed by atoms with Crippen LogP contribution in [0.1, 0.15) is 12.8 Å².